The molecule has 0 heterocycles. The zero-order chi connectivity index (χ0) is 15.6. The fourth-order valence-corrected chi connectivity index (χ4v) is 3.39. The van der Waals surface area contributed by atoms with Crippen LogP contribution in [0.4, 0.5) is 5.69 Å². The summed E-state index contributed by atoms with van der Waals surface area (Å²) in [5.41, 5.74) is 6.31. The Labute approximate surface area is 137 Å². The first-order valence-corrected chi connectivity index (χ1v) is 8.32. The molecule has 110 valence electrons. The van der Waals surface area contributed by atoms with Crippen molar-refractivity contribution >= 4 is 56.1 Å². The van der Waals surface area contributed by atoms with E-state index < -0.39 is 10.0 Å². The minimum Gasteiger partial charge on any atom is -0.389 e. The van der Waals surface area contributed by atoms with Crippen molar-refractivity contribution in [1.82, 2.24) is 0 Å². The third-order valence-electron chi connectivity index (χ3n) is 2.61. The smallest absolute Gasteiger partial charge is 0.261 e. The van der Waals surface area contributed by atoms with Gasteiger partial charge in [-0.05, 0) is 42.5 Å². The molecule has 21 heavy (non-hydrogen) atoms. The Kier molecular flexibility index (Phi) is 4.73. The fourth-order valence-electron chi connectivity index (χ4n) is 1.59. The standard InChI is InChI=1S/C13H10Cl2N2O2S2/c14-8-1-3-9(4-2-8)17-21(18,19)10-5-6-11(13(16)20)12(15)7-10/h1-7,17H,(H2,16,20). The quantitative estimate of drug-likeness (QED) is 0.819. The summed E-state index contributed by atoms with van der Waals surface area (Å²) in [5, 5.41) is 0.697. The summed E-state index contributed by atoms with van der Waals surface area (Å²) >= 11 is 16.5. The second-order valence-corrected chi connectivity index (χ2v) is 7.08. The molecule has 0 aliphatic carbocycles. The number of anilines is 1. The van der Waals surface area contributed by atoms with E-state index in [1.807, 2.05) is 0 Å². The van der Waals surface area contributed by atoms with Gasteiger partial charge in [0.05, 0.1) is 9.92 Å². The number of nitrogens with two attached hydrogens (primary N) is 1. The van der Waals surface area contributed by atoms with Gasteiger partial charge in [0, 0.05) is 16.3 Å². The Morgan fingerprint density at radius 2 is 1.71 bits per heavy atom. The van der Waals surface area contributed by atoms with Crippen LogP contribution in [0.2, 0.25) is 10.0 Å². The van der Waals surface area contributed by atoms with Gasteiger partial charge in [-0.1, -0.05) is 35.4 Å². The second kappa shape index (κ2) is 6.19. The highest BCUT2D eigenvalue weighted by Crippen LogP contribution is 2.23. The van der Waals surface area contributed by atoms with Crippen molar-refractivity contribution in [2.45, 2.75) is 4.90 Å². The number of benzene rings is 2. The van der Waals surface area contributed by atoms with Gasteiger partial charge in [0.15, 0.2) is 0 Å². The molecule has 0 aromatic heterocycles. The number of sulfonamides is 1. The Morgan fingerprint density at radius 3 is 2.24 bits per heavy atom. The van der Waals surface area contributed by atoms with Crippen molar-refractivity contribution in [3.8, 4) is 0 Å². The molecule has 2 aromatic rings. The topological polar surface area (TPSA) is 72.2 Å². The first kappa shape index (κ1) is 16.0. The van der Waals surface area contributed by atoms with E-state index >= 15 is 0 Å². The first-order chi connectivity index (χ1) is 9.79. The Balaban J connectivity index is 2.33. The summed E-state index contributed by atoms with van der Waals surface area (Å²) in [4.78, 5) is 0.122. The van der Waals surface area contributed by atoms with Crippen LogP contribution >= 0.6 is 35.4 Å². The first-order valence-electron chi connectivity index (χ1n) is 5.67. The summed E-state index contributed by atoms with van der Waals surface area (Å²) < 4.78 is 26.9. The van der Waals surface area contributed by atoms with Gasteiger partial charge < -0.3 is 5.73 Å². The average Bonchev–Trinajstić information content (AvgIpc) is 2.40. The zero-order valence-corrected chi connectivity index (χ0v) is 13.7. The van der Waals surface area contributed by atoms with Crippen LogP contribution in [-0.2, 0) is 10.0 Å². The van der Waals surface area contributed by atoms with E-state index in [4.69, 9.17) is 41.2 Å². The predicted octanol–water partition coefficient (Wildman–Crippen LogP) is 3.43. The van der Waals surface area contributed by atoms with Gasteiger partial charge >= 0.3 is 0 Å². The zero-order valence-electron chi connectivity index (χ0n) is 10.5. The molecular weight excluding hydrogens is 351 g/mol. The van der Waals surface area contributed by atoms with Gasteiger partial charge in [-0.2, -0.15) is 0 Å². The molecule has 0 aliphatic heterocycles. The summed E-state index contributed by atoms with van der Waals surface area (Å²) in [6, 6.07) is 10.5. The SMILES string of the molecule is NC(=S)c1ccc(S(=O)(=O)Nc2ccc(Cl)cc2)cc1Cl. The lowest BCUT2D eigenvalue weighted by molar-refractivity contribution is 0.601. The van der Waals surface area contributed by atoms with Crippen LogP contribution in [0.25, 0.3) is 0 Å². The Hall–Kier alpha value is -1.34. The van der Waals surface area contributed by atoms with E-state index in [2.05, 4.69) is 4.72 Å². The molecule has 4 nitrogen and oxygen atoms in total. The third kappa shape index (κ3) is 3.85. The number of nitrogens with one attached hydrogen (secondary N) is 1. The average molecular weight is 361 g/mol. The van der Waals surface area contributed by atoms with Crippen molar-refractivity contribution in [1.29, 1.82) is 0 Å². The second-order valence-electron chi connectivity index (χ2n) is 4.12. The monoisotopic (exact) mass is 360 g/mol. The maximum absolute atomic E-state index is 12.3. The molecule has 0 unspecified atom stereocenters. The van der Waals surface area contributed by atoms with Crippen LogP contribution in [0.5, 0.6) is 0 Å². The van der Waals surface area contributed by atoms with E-state index in [0.717, 1.165) is 0 Å². The van der Waals surface area contributed by atoms with Crippen molar-refractivity contribution < 1.29 is 8.42 Å². The molecule has 0 radical (unpaired) electrons. The van der Waals surface area contributed by atoms with E-state index in [1.54, 1.807) is 24.3 Å². The van der Waals surface area contributed by atoms with Crippen LogP contribution in [0.15, 0.2) is 47.4 Å². The van der Waals surface area contributed by atoms with E-state index in [9.17, 15) is 8.42 Å². The van der Waals surface area contributed by atoms with Crippen LogP contribution in [0, 0.1) is 0 Å². The molecule has 8 heteroatoms. The Morgan fingerprint density at radius 1 is 1.10 bits per heavy atom. The normalized spacial score (nSPS) is 11.1. The van der Waals surface area contributed by atoms with Gasteiger partial charge in [-0.25, -0.2) is 8.42 Å². The predicted molar refractivity (Wildman–Crippen MR) is 89.6 cm³/mol. The van der Waals surface area contributed by atoms with Gasteiger partial charge in [0.2, 0.25) is 0 Å². The Bertz CT molecular complexity index is 790. The molecule has 2 aromatic carbocycles. The molecule has 3 N–H and O–H groups in total. The van der Waals surface area contributed by atoms with Crippen LogP contribution in [0.1, 0.15) is 5.56 Å². The number of thiocarbonyl (C=S) groups is 1. The number of hydrogen-bond acceptors (Lipinski definition) is 3. The van der Waals surface area contributed by atoms with Crippen LogP contribution < -0.4 is 10.5 Å². The minimum atomic E-state index is -3.75. The van der Waals surface area contributed by atoms with Gasteiger partial charge in [-0.15, -0.1) is 0 Å². The van der Waals surface area contributed by atoms with E-state index in [1.165, 1.54) is 18.2 Å². The molecule has 0 bridgehead atoms. The maximum atomic E-state index is 12.3. The molecular formula is C13H10Cl2N2O2S2. The molecule has 0 amide bonds. The van der Waals surface area contributed by atoms with Crippen molar-refractivity contribution in [3.63, 3.8) is 0 Å². The summed E-state index contributed by atoms with van der Waals surface area (Å²) in [7, 11) is -3.75. The third-order valence-corrected chi connectivity index (χ3v) is 4.78. The van der Waals surface area contributed by atoms with Gasteiger partial charge in [0.25, 0.3) is 10.0 Å². The lowest BCUT2D eigenvalue weighted by Crippen LogP contribution is -2.14. The molecule has 0 atom stereocenters. The van der Waals surface area contributed by atoms with Crippen LogP contribution in [-0.4, -0.2) is 13.4 Å². The lowest BCUT2D eigenvalue weighted by Gasteiger charge is -2.10. The number of hydrogen-bond donors (Lipinski definition) is 2. The highest BCUT2D eigenvalue weighted by atomic mass is 35.5. The summed E-state index contributed by atoms with van der Waals surface area (Å²) in [6.45, 7) is 0. The molecule has 0 saturated carbocycles. The van der Waals surface area contributed by atoms with Crippen LogP contribution in [0.3, 0.4) is 0 Å². The molecule has 0 aliphatic rings. The van der Waals surface area contributed by atoms with Gasteiger partial charge in [-0.3, -0.25) is 4.72 Å². The fraction of sp³-hybridized carbons (Fsp3) is 0. The molecule has 2 rings (SSSR count). The minimum absolute atomic E-state index is 0.0162. The largest absolute Gasteiger partial charge is 0.389 e. The lowest BCUT2D eigenvalue weighted by atomic mass is 10.2. The van der Waals surface area contributed by atoms with Gasteiger partial charge in [0.1, 0.15) is 4.99 Å². The van der Waals surface area contributed by atoms with Crippen molar-refractivity contribution in [2.24, 2.45) is 5.73 Å². The highest BCUT2D eigenvalue weighted by Gasteiger charge is 2.16. The van der Waals surface area contributed by atoms with Crippen molar-refractivity contribution in [2.75, 3.05) is 4.72 Å². The molecule has 0 fully saturated rings. The van der Waals surface area contributed by atoms with E-state index in [-0.39, 0.29) is 14.9 Å². The summed E-state index contributed by atoms with van der Waals surface area (Å²) in [6.07, 6.45) is 0. The summed E-state index contributed by atoms with van der Waals surface area (Å²) in [5.74, 6) is 0. The van der Waals surface area contributed by atoms with E-state index in [0.29, 0.717) is 16.3 Å². The number of halogens is 2. The maximum Gasteiger partial charge on any atom is 0.261 e. The number of rotatable bonds is 4. The highest BCUT2D eigenvalue weighted by molar-refractivity contribution is 7.92. The molecule has 0 saturated heterocycles. The molecule has 0 spiro atoms. The van der Waals surface area contributed by atoms with Crippen molar-refractivity contribution in [3.05, 3.63) is 58.1 Å².